The number of hydrogen-bond donors (Lipinski definition) is 0. The summed E-state index contributed by atoms with van der Waals surface area (Å²) in [4.78, 5) is 13.4. The van der Waals surface area contributed by atoms with Crippen LogP contribution >= 0.6 is 11.6 Å². The molecule has 3 aliphatic rings. The summed E-state index contributed by atoms with van der Waals surface area (Å²) >= 11 is 6.02. The van der Waals surface area contributed by atoms with Gasteiger partial charge in [0.05, 0.1) is 25.3 Å². The van der Waals surface area contributed by atoms with Crippen molar-refractivity contribution in [3.63, 3.8) is 0 Å². The van der Waals surface area contributed by atoms with E-state index in [-0.39, 0.29) is 15.7 Å². The summed E-state index contributed by atoms with van der Waals surface area (Å²) in [6, 6.07) is 0. The van der Waals surface area contributed by atoms with E-state index in [4.69, 9.17) is 11.6 Å². The summed E-state index contributed by atoms with van der Waals surface area (Å²) in [5.74, 6) is -0.666. The number of carbonyl (C=O) groups excluding carboxylic acids is 1. The molecule has 2 aliphatic heterocycles. The number of sulfonamides is 1. The second-order valence-electron chi connectivity index (χ2n) is 7.50. The average molecular weight is 409 g/mol. The molecule has 0 spiro atoms. The van der Waals surface area contributed by atoms with Crippen LogP contribution in [-0.4, -0.2) is 70.8 Å². The molecule has 0 bridgehead atoms. The van der Waals surface area contributed by atoms with Crippen LogP contribution < -0.4 is 0 Å². The number of alkyl halides is 2. The molecule has 0 aromatic carbocycles. The Balaban J connectivity index is 1.65. The zero-order valence-corrected chi connectivity index (χ0v) is 15.9. The Morgan fingerprint density at radius 2 is 1.92 bits per heavy atom. The quantitative estimate of drug-likeness (QED) is 0.746. The van der Waals surface area contributed by atoms with Crippen LogP contribution in [0.3, 0.4) is 0 Å². The lowest BCUT2D eigenvalue weighted by Gasteiger charge is -2.22. The third-order valence-corrected chi connectivity index (χ3v) is 7.96. The smallest absolute Gasteiger partial charge is 0.265 e. The monoisotopic (exact) mass is 408 g/mol. The Labute approximate surface area is 154 Å². The van der Waals surface area contributed by atoms with E-state index in [1.807, 2.05) is 0 Å². The van der Waals surface area contributed by atoms with Crippen LogP contribution in [0, 0.1) is 12.8 Å². The minimum atomic E-state index is -4.28. The van der Waals surface area contributed by atoms with Gasteiger partial charge in [-0.3, -0.25) is 9.48 Å². The molecule has 1 aromatic heterocycles. The molecule has 7 nitrogen and oxygen atoms in total. The molecule has 0 N–H and O–H groups in total. The van der Waals surface area contributed by atoms with Gasteiger partial charge in [-0.2, -0.15) is 9.40 Å². The van der Waals surface area contributed by atoms with E-state index in [1.165, 1.54) is 23.6 Å². The van der Waals surface area contributed by atoms with Crippen LogP contribution in [-0.2, 0) is 21.9 Å². The molecule has 3 fully saturated rings. The van der Waals surface area contributed by atoms with Gasteiger partial charge in [-0.1, -0.05) is 11.6 Å². The molecule has 4 rings (SSSR count). The summed E-state index contributed by atoms with van der Waals surface area (Å²) in [5, 5.41) is 3.80. The van der Waals surface area contributed by atoms with E-state index in [9.17, 15) is 13.2 Å². The Morgan fingerprint density at radius 3 is 2.42 bits per heavy atom. The predicted octanol–water partition coefficient (Wildman–Crippen LogP) is 1.06. The Hall–Kier alpha value is -1.26. The van der Waals surface area contributed by atoms with E-state index in [2.05, 4.69) is 5.10 Å². The van der Waals surface area contributed by atoms with E-state index < -0.39 is 46.9 Å². The molecule has 1 aromatic rings. The second-order valence-corrected chi connectivity index (χ2v) is 9.73. The first-order valence-corrected chi connectivity index (χ1v) is 10.2. The Kier molecular flexibility index (Phi) is 3.75. The summed E-state index contributed by atoms with van der Waals surface area (Å²) in [6.45, 7) is -0.213. The van der Waals surface area contributed by atoms with Crippen LogP contribution in [0.4, 0.5) is 8.78 Å². The number of fused-ring (bicyclic) bond motifs is 1. The number of rotatable bonds is 4. The van der Waals surface area contributed by atoms with Gasteiger partial charge < -0.3 is 4.90 Å². The van der Waals surface area contributed by atoms with Gasteiger partial charge in [0.2, 0.25) is 15.7 Å². The highest BCUT2D eigenvalue weighted by atomic mass is 35.5. The van der Waals surface area contributed by atoms with Gasteiger partial charge in [0.25, 0.3) is 5.91 Å². The van der Waals surface area contributed by atoms with Crippen LogP contribution in [0.2, 0.25) is 5.15 Å². The molecule has 0 unspecified atom stereocenters. The van der Waals surface area contributed by atoms with Crippen molar-refractivity contribution >= 4 is 27.5 Å². The van der Waals surface area contributed by atoms with Crippen molar-refractivity contribution < 1.29 is 22.0 Å². The van der Waals surface area contributed by atoms with Crippen LogP contribution in [0.25, 0.3) is 0 Å². The van der Waals surface area contributed by atoms with Gasteiger partial charge in [-0.25, -0.2) is 17.2 Å². The third-order valence-electron chi connectivity index (χ3n) is 5.47. The van der Waals surface area contributed by atoms with Crippen LogP contribution in [0.15, 0.2) is 4.90 Å². The van der Waals surface area contributed by atoms with Crippen molar-refractivity contribution in [2.45, 2.75) is 36.0 Å². The van der Waals surface area contributed by atoms with Crippen LogP contribution in [0.5, 0.6) is 0 Å². The highest BCUT2D eigenvalue weighted by Gasteiger charge is 2.72. The third kappa shape index (κ3) is 2.34. The summed E-state index contributed by atoms with van der Waals surface area (Å²) < 4.78 is 58.4. The molecule has 11 heteroatoms. The maximum absolute atomic E-state index is 15.4. The van der Waals surface area contributed by atoms with E-state index in [0.29, 0.717) is 16.8 Å². The first-order valence-electron chi connectivity index (χ1n) is 8.36. The molecule has 1 amide bonds. The standard InChI is InChI=1S/C15H19ClF2N4O3S/c1-9-11(12(16)20(2)19-9)26(24,25)22-7-14(17)6-21(5-10-3-4-10)13(23)15(14,18)8-22/h10H,3-8H2,1-2H3/t14-,15-/m1/s1. The average Bonchev–Trinajstić information content (AvgIpc) is 3.21. The molecular formula is C15H19ClF2N4O3S. The van der Waals surface area contributed by atoms with Gasteiger partial charge in [-0.15, -0.1) is 0 Å². The number of aromatic nitrogens is 2. The molecule has 1 saturated carbocycles. The highest BCUT2D eigenvalue weighted by molar-refractivity contribution is 7.89. The predicted molar refractivity (Wildman–Crippen MR) is 88.7 cm³/mol. The lowest BCUT2D eigenvalue weighted by molar-refractivity contribution is -0.139. The maximum Gasteiger partial charge on any atom is 0.265 e. The molecule has 26 heavy (non-hydrogen) atoms. The van der Waals surface area contributed by atoms with E-state index in [0.717, 1.165) is 12.8 Å². The maximum atomic E-state index is 15.4. The first-order chi connectivity index (χ1) is 12.0. The van der Waals surface area contributed by atoms with Gasteiger partial charge in [0.15, 0.2) is 5.67 Å². The van der Waals surface area contributed by atoms with Crippen LogP contribution in [0.1, 0.15) is 18.5 Å². The van der Waals surface area contributed by atoms with Crippen molar-refractivity contribution in [1.82, 2.24) is 19.0 Å². The zero-order valence-electron chi connectivity index (χ0n) is 14.4. The first kappa shape index (κ1) is 18.1. The molecular weight excluding hydrogens is 390 g/mol. The van der Waals surface area contributed by atoms with Gasteiger partial charge in [-0.05, 0) is 25.7 Å². The molecule has 0 radical (unpaired) electrons. The fraction of sp³-hybridized carbons (Fsp3) is 0.733. The SMILES string of the molecule is Cc1nn(C)c(Cl)c1S(=O)(=O)N1C[C@]2(F)CN(CC3CC3)C(=O)[C@]2(F)C1. The molecule has 2 saturated heterocycles. The Morgan fingerprint density at radius 1 is 1.27 bits per heavy atom. The molecule has 144 valence electrons. The number of halogens is 3. The highest BCUT2D eigenvalue weighted by Crippen LogP contribution is 2.48. The largest absolute Gasteiger partial charge is 0.336 e. The number of likely N-dealkylation sites (tertiary alicyclic amines) is 1. The van der Waals surface area contributed by atoms with Crippen molar-refractivity contribution in [3.8, 4) is 0 Å². The fourth-order valence-electron chi connectivity index (χ4n) is 3.87. The summed E-state index contributed by atoms with van der Waals surface area (Å²) in [5.41, 5.74) is -5.29. The fourth-order valence-corrected chi connectivity index (χ4v) is 6.07. The van der Waals surface area contributed by atoms with E-state index >= 15 is 8.78 Å². The molecule has 3 heterocycles. The number of hydrogen-bond acceptors (Lipinski definition) is 4. The lowest BCUT2D eigenvalue weighted by Crippen LogP contribution is -2.47. The lowest BCUT2D eigenvalue weighted by atomic mass is 9.93. The van der Waals surface area contributed by atoms with Crippen molar-refractivity contribution in [1.29, 1.82) is 0 Å². The molecule has 2 atom stereocenters. The number of nitrogens with zero attached hydrogens (tertiary/aromatic N) is 4. The second kappa shape index (κ2) is 5.39. The Bertz CT molecular complexity index is 903. The topological polar surface area (TPSA) is 75.5 Å². The number of carbonyl (C=O) groups is 1. The number of aryl methyl sites for hydroxylation is 2. The summed E-state index contributed by atoms with van der Waals surface area (Å²) in [6.07, 6.45) is 1.89. The minimum absolute atomic E-state index is 0.136. The van der Waals surface area contributed by atoms with Crippen molar-refractivity contribution in [2.24, 2.45) is 13.0 Å². The van der Waals surface area contributed by atoms with Crippen molar-refractivity contribution in [3.05, 3.63) is 10.8 Å². The minimum Gasteiger partial charge on any atom is -0.336 e. The number of amides is 1. The van der Waals surface area contributed by atoms with Gasteiger partial charge in [0, 0.05) is 13.6 Å². The van der Waals surface area contributed by atoms with Gasteiger partial charge in [0.1, 0.15) is 10.0 Å². The van der Waals surface area contributed by atoms with Crippen molar-refractivity contribution in [2.75, 3.05) is 26.2 Å². The van der Waals surface area contributed by atoms with Gasteiger partial charge >= 0.3 is 0 Å². The molecule has 1 aliphatic carbocycles. The normalized spacial score (nSPS) is 32.5. The summed E-state index contributed by atoms with van der Waals surface area (Å²) in [7, 11) is -2.81. The van der Waals surface area contributed by atoms with E-state index in [1.54, 1.807) is 0 Å². The zero-order chi connectivity index (χ0) is 19.1.